The Balaban J connectivity index is 1.48. The summed E-state index contributed by atoms with van der Waals surface area (Å²) < 4.78 is 10.6. The predicted octanol–water partition coefficient (Wildman–Crippen LogP) is 2.32. The minimum absolute atomic E-state index is 0.0183. The van der Waals surface area contributed by atoms with E-state index in [1.54, 1.807) is 0 Å². The number of fused-ring (bicyclic) bond motifs is 1. The van der Waals surface area contributed by atoms with Crippen molar-refractivity contribution in [2.24, 2.45) is 0 Å². The number of rotatable bonds is 5. The number of amides is 1. The molecule has 0 saturated heterocycles. The SMILES string of the molecule is O=C(Cc1ccc2c(c1)OCO2)NCCc1ccccc1. The highest BCUT2D eigenvalue weighted by molar-refractivity contribution is 5.78. The van der Waals surface area contributed by atoms with Crippen molar-refractivity contribution in [2.75, 3.05) is 13.3 Å². The van der Waals surface area contributed by atoms with E-state index in [1.165, 1.54) is 5.56 Å². The van der Waals surface area contributed by atoms with Crippen LogP contribution in [0.2, 0.25) is 0 Å². The van der Waals surface area contributed by atoms with Crippen molar-refractivity contribution in [3.63, 3.8) is 0 Å². The van der Waals surface area contributed by atoms with Crippen LogP contribution in [0.5, 0.6) is 11.5 Å². The molecule has 3 rings (SSSR count). The van der Waals surface area contributed by atoms with E-state index in [0.29, 0.717) is 18.7 Å². The third kappa shape index (κ3) is 3.54. The van der Waals surface area contributed by atoms with Crippen molar-refractivity contribution in [2.45, 2.75) is 12.8 Å². The third-order valence-electron chi connectivity index (χ3n) is 3.38. The van der Waals surface area contributed by atoms with Crippen LogP contribution < -0.4 is 14.8 Å². The van der Waals surface area contributed by atoms with Gasteiger partial charge in [0.05, 0.1) is 6.42 Å². The zero-order chi connectivity index (χ0) is 14.5. The van der Waals surface area contributed by atoms with E-state index < -0.39 is 0 Å². The lowest BCUT2D eigenvalue weighted by Gasteiger charge is -2.06. The smallest absolute Gasteiger partial charge is 0.231 e. The number of nitrogens with one attached hydrogen (secondary N) is 1. The van der Waals surface area contributed by atoms with E-state index in [1.807, 2.05) is 36.4 Å². The van der Waals surface area contributed by atoms with Gasteiger partial charge in [0, 0.05) is 6.54 Å². The molecule has 0 saturated carbocycles. The Labute approximate surface area is 123 Å². The Kier molecular flexibility index (Phi) is 4.05. The van der Waals surface area contributed by atoms with Crippen LogP contribution in [0, 0.1) is 0 Å². The molecule has 1 aliphatic rings. The van der Waals surface area contributed by atoms with E-state index >= 15 is 0 Å². The summed E-state index contributed by atoms with van der Waals surface area (Å²) in [7, 11) is 0. The second kappa shape index (κ2) is 6.31. The van der Waals surface area contributed by atoms with Crippen molar-refractivity contribution in [1.29, 1.82) is 0 Å². The average Bonchev–Trinajstić information content (AvgIpc) is 2.96. The summed E-state index contributed by atoms with van der Waals surface area (Å²) in [5.41, 5.74) is 2.15. The summed E-state index contributed by atoms with van der Waals surface area (Å²) in [5, 5.41) is 2.94. The molecule has 1 N–H and O–H groups in total. The Morgan fingerprint density at radius 3 is 2.67 bits per heavy atom. The lowest BCUT2D eigenvalue weighted by atomic mass is 10.1. The van der Waals surface area contributed by atoms with E-state index in [9.17, 15) is 4.79 Å². The first kappa shape index (κ1) is 13.5. The normalized spacial score (nSPS) is 12.2. The standard InChI is InChI=1S/C17H17NO3/c19-17(18-9-8-13-4-2-1-3-5-13)11-14-6-7-15-16(10-14)21-12-20-15/h1-7,10H,8-9,11-12H2,(H,18,19). The van der Waals surface area contributed by atoms with Crippen LogP contribution in [0.4, 0.5) is 0 Å². The van der Waals surface area contributed by atoms with Gasteiger partial charge in [-0.25, -0.2) is 0 Å². The fourth-order valence-corrected chi connectivity index (χ4v) is 2.29. The maximum atomic E-state index is 11.9. The first-order chi connectivity index (χ1) is 10.3. The number of carbonyl (C=O) groups is 1. The van der Waals surface area contributed by atoms with Gasteiger partial charge in [0.15, 0.2) is 11.5 Å². The molecule has 0 aromatic heterocycles. The third-order valence-corrected chi connectivity index (χ3v) is 3.38. The molecular formula is C17H17NO3. The Hall–Kier alpha value is -2.49. The van der Waals surface area contributed by atoms with E-state index in [-0.39, 0.29) is 12.7 Å². The van der Waals surface area contributed by atoms with Gasteiger partial charge in [-0.1, -0.05) is 36.4 Å². The maximum absolute atomic E-state index is 11.9. The lowest BCUT2D eigenvalue weighted by Crippen LogP contribution is -2.27. The van der Waals surface area contributed by atoms with Crippen molar-refractivity contribution in [3.8, 4) is 11.5 Å². The molecule has 21 heavy (non-hydrogen) atoms. The molecule has 2 aromatic rings. The van der Waals surface area contributed by atoms with E-state index in [0.717, 1.165) is 17.7 Å². The maximum Gasteiger partial charge on any atom is 0.231 e. The fourth-order valence-electron chi connectivity index (χ4n) is 2.29. The van der Waals surface area contributed by atoms with Gasteiger partial charge >= 0.3 is 0 Å². The monoisotopic (exact) mass is 283 g/mol. The molecule has 108 valence electrons. The first-order valence-electron chi connectivity index (χ1n) is 7.00. The average molecular weight is 283 g/mol. The summed E-state index contributed by atoms with van der Waals surface area (Å²) in [5.74, 6) is 1.47. The second-order valence-corrected chi connectivity index (χ2v) is 4.95. The van der Waals surface area contributed by atoms with Crippen LogP contribution in [-0.4, -0.2) is 19.2 Å². The minimum Gasteiger partial charge on any atom is -0.454 e. The van der Waals surface area contributed by atoms with Crippen LogP contribution in [-0.2, 0) is 17.6 Å². The van der Waals surface area contributed by atoms with Crippen molar-refractivity contribution >= 4 is 5.91 Å². The number of carbonyl (C=O) groups excluding carboxylic acids is 1. The number of hydrogen-bond donors (Lipinski definition) is 1. The van der Waals surface area contributed by atoms with Crippen LogP contribution >= 0.6 is 0 Å². The molecule has 4 nitrogen and oxygen atoms in total. The van der Waals surface area contributed by atoms with Gasteiger partial charge in [-0.2, -0.15) is 0 Å². The summed E-state index contributed by atoms with van der Waals surface area (Å²) >= 11 is 0. The summed E-state index contributed by atoms with van der Waals surface area (Å²) in [6.45, 7) is 0.898. The van der Waals surface area contributed by atoms with Crippen molar-refractivity contribution in [1.82, 2.24) is 5.32 Å². The summed E-state index contributed by atoms with van der Waals surface area (Å²) in [4.78, 5) is 11.9. The fraction of sp³-hybridized carbons (Fsp3) is 0.235. The first-order valence-corrected chi connectivity index (χ1v) is 7.00. The van der Waals surface area contributed by atoms with Gasteiger partial charge in [-0.05, 0) is 29.7 Å². The summed E-state index contributed by atoms with van der Waals surface area (Å²) in [6, 6.07) is 15.7. The minimum atomic E-state index is 0.0183. The summed E-state index contributed by atoms with van der Waals surface area (Å²) in [6.07, 6.45) is 1.19. The van der Waals surface area contributed by atoms with Gasteiger partial charge in [0.2, 0.25) is 12.7 Å². The number of hydrogen-bond acceptors (Lipinski definition) is 3. The van der Waals surface area contributed by atoms with Crippen LogP contribution in [0.3, 0.4) is 0 Å². The van der Waals surface area contributed by atoms with Gasteiger partial charge in [-0.3, -0.25) is 4.79 Å². The Bertz CT molecular complexity index is 625. The molecule has 1 heterocycles. The van der Waals surface area contributed by atoms with Gasteiger partial charge < -0.3 is 14.8 Å². The van der Waals surface area contributed by atoms with Gasteiger partial charge in [0.1, 0.15) is 0 Å². The largest absolute Gasteiger partial charge is 0.454 e. The Morgan fingerprint density at radius 2 is 1.81 bits per heavy atom. The molecular weight excluding hydrogens is 266 g/mol. The second-order valence-electron chi connectivity index (χ2n) is 4.95. The topological polar surface area (TPSA) is 47.6 Å². The molecule has 0 unspecified atom stereocenters. The van der Waals surface area contributed by atoms with Gasteiger partial charge in [-0.15, -0.1) is 0 Å². The predicted molar refractivity (Wildman–Crippen MR) is 79.4 cm³/mol. The highest BCUT2D eigenvalue weighted by Gasteiger charge is 2.14. The highest BCUT2D eigenvalue weighted by atomic mass is 16.7. The van der Waals surface area contributed by atoms with E-state index in [2.05, 4.69) is 17.4 Å². The molecule has 0 aliphatic carbocycles. The molecule has 2 aromatic carbocycles. The molecule has 0 spiro atoms. The highest BCUT2D eigenvalue weighted by Crippen LogP contribution is 2.32. The van der Waals surface area contributed by atoms with E-state index in [4.69, 9.17) is 9.47 Å². The molecule has 1 amide bonds. The molecule has 0 atom stereocenters. The number of benzene rings is 2. The zero-order valence-electron chi connectivity index (χ0n) is 11.7. The molecule has 0 bridgehead atoms. The zero-order valence-corrected chi connectivity index (χ0v) is 11.7. The van der Waals surface area contributed by atoms with Crippen LogP contribution in [0.25, 0.3) is 0 Å². The van der Waals surface area contributed by atoms with Crippen molar-refractivity contribution < 1.29 is 14.3 Å². The van der Waals surface area contributed by atoms with Crippen molar-refractivity contribution in [3.05, 3.63) is 59.7 Å². The molecule has 0 radical (unpaired) electrons. The van der Waals surface area contributed by atoms with Gasteiger partial charge in [0.25, 0.3) is 0 Å². The molecule has 0 fully saturated rings. The van der Waals surface area contributed by atoms with Crippen LogP contribution in [0.15, 0.2) is 48.5 Å². The Morgan fingerprint density at radius 1 is 1.00 bits per heavy atom. The number of ether oxygens (including phenoxy) is 2. The molecule has 4 heteroatoms. The van der Waals surface area contributed by atoms with Crippen LogP contribution in [0.1, 0.15) is 11.1 Å². The lowest BCUT2D eigenvalue weighted by molar-refractivity contribution is -0.120. The quantitative estimate of drug-likeness (QED) is 0.916. The molecule has 1 aliphatic heterocycles.